The summed E-state index contributed by atoms with van der Waals surface area (Å²) >= 11 is 0.834. The van der Waals surface area contributed by atoms with Gasteiger partial charge < -0.3 is 10.5 Å². The van der Waals surface area contributed by atoms with Crippen LogP contribution in [-0.4, -0.2) is 11.6 Å². The van der Waals surface area contributed by atoms with Crippen molar-refractivity contribution in [3.05, 3.63) is 10.6 Å². The maximum atomic E-state index is 13.0. The molecule has 1 aromatic rings. The highest BCUT2D eigenvalue weighted by Gasteiger charge is 2.40. The van der Waals surface area contributed by atoms with Crippen LogP contribution in [0.5, 0.6) is 0 Å². The lowest BCUT2D eigenvalue weighted by Crippen LogP contribution is -2.26. The molecule has 0 aliphatic carbocycles. The van der Waals surface area contributed by atoms with Gasteiger partial charge in [0, 0.05) is 0 Å². The van der Waals surface area contributed by atoms with Crippen LogP contribution in [0.25, 0.3) is 0 Å². The fourth-order valence-electron chi connectivity index (χ4n) is 1.10. The number of ether oxygens (including phenoxy) is 1. The Morgan fingerprint density at radius 2 is 2.33 bits per heavy atom. The maximum Gasteiger partial charge on any atom is 0.306 e. The number of hydrogen-bond acceptors (Lipinski definition) is 4. The molecule has 2 N–H and O–H groups in total. The quantitative estimate of drug-likeness (QED) is 0.674. The maximum absolute atomic E-state index is 13.0. The predicted molar refractivity (Wildman–Crippen MR) is 40.1 cm³/mol. The van der Waals surface area contributed by atoms with E-state index in [0.717, 1.165) is 11.3 Å². The normalized spacial score (nSPS) is 20.5. The van der Waals surface area contributed by atoms with Crippen molar-refractivity contribution in [1.29, 1.82) is 0 Å². The summed E-state index contributed by atoms with van der Waals surface area (Å²) in [7, 11) is 0. The molecule has 0 saturated carbocycles. The summed E-state index contributed by atoms with van der Waals surface area (Å²) in [6.45, 7) is -0.430. The Balaban J connectivity index is 2.51. The lowest BCUT2D eigenvalue weighted by molar-refractivity contribution is -0.101. The number of thiazole rings is 1. The van der Waals surface area contributed by atoms with E-state index in [1.807, 2.05) is 0 Å². The van der Waals surface area contributed by atoms with Gasteiger partial charge in [-0.25, -0.2) is 4.98 Å². The summed E-state index contributed by atoms with van der Waals surface area (Å²) < 4.78 is 30.7. The van der Waals surface area contributed by atoms with Gasteiger partial charge >= 0.3 is 5.92 Å². The molecule has 0 radical (unpaired) electrons. The third kappa shape index (κ3) is 1.07. The van der Waals surface area contributed by atoms with Crippen molar-refractivity contribution < 1.29 is 13.5 Å². The van der Waals surface area contributed by atoms with E-state index in [4.69, 9.17) is 5.73 Å². The molecule has 0 unspecified atom stereocenters. The SMILES string of the molecule is Nc1nc2c(s1)C(F)(F)COC2. The number of anilines is 1. The number of alkyl halides is 2. The Labute approximate surface area is 71.2 Å². The number of fused-ring (bicyclic) bond motifs is 1. The molecule has 1 aliphatic rings. The smallest absolute Gasteiger partial charge is 0.306 e. The lowest BCUT2D eigenvalue weighted by atomic mass is 10.2. The van der Waals surface area contributed by atoms with Crippen LogP contribution in [-0.2, 0) is 17.3 Å². The van der Waals surface area contributed by atoms with Crippen LogP contribution in [0.2, 0.25) is 0 Å². The van der Waals surface area contributed by atoms with Gasteiger partial charge in [0.1, 0.15) is 11.5 Å². The summed E-state index contributed by atoms with van der Waals surface area (Å²) in [5, 5.41) is 0.171. The van der Waals surface area contributed by atoms with Crippen LogP contribution in [0.3, 0.4) is 0 Å². The van der Waals surface area contributed by atoms with E-state index in [1.54, 1.807) is 0 Å². The van der Waals surface area contributed by atoms with Crippen LogP contribution in [0, 0.1) is 0 Å². The number of rotatable bonds is 0. The van der Waals surface area contributed by atoms with Crippen molar-refractivity contribution in [2.24, 2.45) is 0 Å². The third-order valence-corrected chi connectivity index (χ3v) is 2.61. The zero-order valence-corrected chi connectivity index (χ0v) is 6.83. The molecule has 12 heavy (non-hydrogen) atoms. The van der Waals surface area contributed by atoms with Crippen molar-refractivity contribution in [2.75, 3.05) is 12.3 Å². The van der Waals surface area contributed by atoms with E-state index >= 15 is 0 Å². The Kier molecular flexibility index (Phi) is 1.55. The van der Waals surface area contributed by atoms with Gasteiger partial charge in [-0.15, -0.1) is 0 Å². The predicted octanol–water partition coefficient (Wildman–Crippen LogP) is 1.35. The third-order valence-electron chi connectivity index (χ3n) is 1.57. The number of hydrogen-bond donors (Lipinski definition) is 1. The first-order chi connectivity index (χ1) is 5.59. The average Bonchev–Trinajstić information content (AvgIpc) is 2.30. The van der Waals surface area contributed by atoms with Gasteiger partial charge in [0.15, 0.2) is 5.13 Å². The molecule has 0 aromatic carbocycles. The minimum absolute atomic E-state index is 0.0498. The molecule has 0 atom stereocenters. The summed E-state index contributed by atoms with van der Waals surface area (Å²) in [5.41, 5.74) is 5.57. The molecule has 66 valence electrons. The molecular weight excluding hydrogens is 186 g/mol. The minimum atomic E-state index is -2.91. The molecule has 0 amide bonds. The highest BCUT2D eigenvalue weighted by Crippen LogP contribution is 2.39. The average molecular weight is 192 g/mol. The second kappa shape index (κ2) is 2.37. The molecular formula is C6H6F2N2OS. The number of nitrogen functional groups attached to an aromatic ring is 1. The van der Waals surface area contributed by atoms with E-state index in [2.05, 4.69) is 9.72 Å². The van der Waals surface area contributed by atoms with Crippen molar-refractivity contribution in [1.82, 2.24) is 4.98 Å². The van der Waals surface area contributed by atoms with Crippen molar-refractivity contribution in [2.45, 2.75) is 12.5 Å². The van der Waals surface area contributed by atoms with Crippen LogP contribution in [0.1, 0.15) is 10.6 Å². The van der Waals surface area contributed by atoms with Gasteiger partial charge in [-0.3, -0.25) is 0 Å². The fourth-order valence-corrected chi connectivity index (χ4v) is 1.89. The largest absolute Gasteiger partial charge is 0.375 e. The van der Waals surface area contributed by atoms with Crippen molar-refractivity contribution in [3.8, 4) is 0 Å². The van der Waals surface area contributed by atoms with Gasteiger partial charge in [-0.2, -0.15) is 8.78 Å². The van der Waals surface area contributed by atoms with Gasteiger partial charge in [0.05, 0.1) is 12.3 Å². The molecule has 0 saturated heterocycles. The van der Waals surface area contributed by atoms with E-state index in [1.165, 1.54) is 0 Å². The Morgan fingerprint density at radius 3 is 3.00 bits per heavy atom. The number of aromatic nitrogens is 1. The van der Waals surface area contributed by atoms with Gasteiger partial charge in [0.25, 0.3) is 0 Å². The molecule has 2 heterocycles. The molecule has 1 aliphatic heterocycles. The van der Waals surface area contributed by atoms with Gasteiger partial charge in [0.2, 0.25) is 0 Å². The fraction of sp³-hybridized carbons (Fsp3) is 0.500. The number of halogens is 2. The zero-order chi connectivity index (χ0) is 8.77. The van der Waals surface area contributed by atoms with E-state index in [0.29, 0.717) is 0 Å². The molecule has 0 spiro atoms. The monoisotopic (exact) mass is 192 g/mol. The summed E-state index contributed by atoms with van der Waals surface area (Å²) in [6, 6.07) is 0. The number of nitrogens with two attached hydrogens (primary N) is 1. The van der Waals surface area contributed by atoms with Crippen molar-refractivity contribution in [3.63, 3.8) is 0 Å². The zero-order valence-electron chi connectivity index (χ0n) is 6.01. The molecule has 3 nitrogen and oxygen atoms in total. The Hall–Kier alpha value is -0.750. The minimum Gasteiger partial charge on any atom is -0.375 e. The summed E-state index contributed by atoms with van der Waals surface area (Å²) in [4.78, 5) is 3.69. The Bertz CT molecular complexity index is 312. The van der Waals surface area contributed by atoms with E-state index in [-0.39, 0.29) is 22.3 Å². The first kappa shape index (κ1) is 7.88. The molecule has 0 bridgehead atoms. The molecule has 1 aromatic heterocycles. The Morgan fingerprint density at radius 1 is 1.58 bits per heavy atom. The van der Waals surface area contributed by atoms with Crippen LogP contribution in [0.15, 0.2) is 0 Å². The summed E-state index contributed by atoms with van der Waals surface area (Å²) in [6.07, 6.45) is 0. The van der Waals surface area contributed by atoms with E-state index in [9.17, 15) is 8.78 Å². The molecule has 6 heteroatoms. The number of nitrogens with zero attached hydrogens (tertiary/aromatic N) is 1. The van der Waals surface area contributed by atoms with Gasteiger partial charge in [-0.1, -0.05) is 11.3 Å². The van der Waals surface area contributed by atoms with Crippen LogP contribution >= 0.6 is 11.3 Å². The van der Waals surface area contributed by atoms with Gasteiger partial charge in [-0.05, 0) is 0 Å². The second-order valence-electron chi connectivity index (χ2n) is 2.53. The van der Waals surface area contributed by atoms with Crippen molar-refractivity contribution >= 4 is 16.5 Å². The second-order valence-corrected chi connectivity index (χ2v) is 3.56. The topological polar surface area (TPSA) is 48.1 Å². The highest BCUT2D eigenvalue weighted by molar-refractivity contribution is 7.15. The first-order valence-corrected chi connectivity index (χ1v) is 4.12. The van der Waals surface area contributed by atoms with Crippen LogP contribution in [0.4, 0.5) is 13.9 Å². The first-order valence-electron chi connectivity index (χ1n) is 3.31. The molecule has 2 rings (SSSR count). The molecule has 0 fully saturated rings. The standard InChI is InChI=1S/C6H6F2N2OS/c7-6(8)2-11-1-3-4(6)12-5(9)10-3/h1-2H2,(H2,9,10). The highest BCUT2D eigenvalue weighted by atomic mass is 32.1. The lowest BCUT2D eigenvalue weighted by Gasteiger charge is -2.20. The van der Waals surface area contributed by atoms with E-state index < -0.39 is 12.5 Å². The van der Waals surface area contributed by atoms with Crippen LogP contribution < -0.4 is 5.73 Å². The summed E-state index contributed by atoms with van der Waals surface area (Å²) in [5.74, 6) is -2.91.